The molecule has 0 radical (unpaired) electrons. The molecule has 4 heteroatoms. The largest absolute Gasteiger partial charge is 0.298 e. The van der Waals surface area contributed by atoms with Gasteiger partial charge >= 0.3 is 0 Å². The van der Waals surface area contributed by atoms with E-state index >= 15 is 0 Å². The summed E-state index contributed by atoms with van der Waals surface area (Å²) in [5, 5.41) is 0. The first-order valence-electron chi connectivity index (χ1n) is 9.72. The summed E-state index contributed by atoms with van der Waals surface area (Å²) in [6.45, 7) is 8.59. The molecule has 0 saturated carbocycles. The Morgan fingerprint density at radius 3 is 2.50 bits per heavy atom. The molecule has 0 N–H and O–H groups in total. The fourth-order valence-electron chi connectivity index (χ4n) is 4.71. The third kappa shape index (κ3) is 4.13. The molecule has 0 bridgehead atoms. The molecule has 3 nitrogen and oxygen atoms in total. The molecular formula is C22H28FN3. The van der Waals surface area contributed by atoms with E-state index in [1.165, 1.54) is 43.6 Å². The number of likely N-dealkylation sites (tertiary alicyclic amines) is 2. The van der Waals surface area contributed by atoms with Crippen molar-refractivity contribution in [2.24, 2.45) is 5.41 Å². The minimum Gasteiger partial charge on any atom is -0.298 e. The number of hydrogen-bond acceptors (Lipinski definition) is 3. The van der Waals surface area contributed by atoms with Crippen molar-refractivity contribution in [1.29, 1.82) is 0 Å². The van der Waals surface area contributed by atoms with Gasteiger partial charge in [0.05, 0.1) is 5.69 Å². The quantitative estimate of drug-likeness (QED) is 0.828. The third-order valence-corrected chi connectivity index (χ3v) is 5.91. The lowest BCUT2D eigenvalue weighted by molar-refractivity contribution is 0.0864. The van der Waals surface area contributed by atoms with Gasteiger partial charge in [-0.3, -0.25) is 14.8 Å². The normalized spacial score (nSPS) is 24.4. The molecule has 2 aromatic rings. The van der Waals surface area contributed by atoms with E-state index in [0.717, 1.165) is 31.9 Å². The van der Waals surface area contributed by atoms with Gasteiger partial charge in [0, 0.05) is 31.9 Å². The smallest absolute Gasteiger partial charge is 0.123 e. The summed E-state index contributed by atoms with van der Waals surface area (Å²) in [4.78, 5) is 9.80. The summed E-state index contributed by atoms with van der Waals surface area (Å²) in [6, 6.07) is 13.3. The van der Waals surface area contributed by atoms with Crippen LogP contribution in [-0.2, 0) is 13.1 Å². The van der Waals surface area contributed by atoms with Crippen molar-refractivity contribution in [2.75, 3.05) is 26.2 Å². The van der Waals surface area contributed by atoms with Crippen LogP contribution in [-0.4, -0.2) is 41.0 Å². The molecule has 1 atom stereocenters. The predicted octanol–water partition coefficient (Wildman–Crippen LogP) is 4.02. The maximum atomic E-state index is 13.1. The van der Waals surface area contributed by atoms with E-state index in [2.05, 4.69) is 39.9 Å². The number of aromatic nitrogens is 1. The Balaban J connectivity index is 1.37. The zero-order valence-electron chi connectivity index (χ0n) is 15.6. The summed E-state index contributed by atoms with van der Waals surface area (Å²) in [7, 11) is 0. The second kappa shape index (κ2) is 7.45. The highest BCUT2D eigenvalue weighted by atomic mass is 19.1. The minimum atomic E-state index is -0.153. The van der Waals surface area contributed by atoms with Gasteiger partial charge < -0.3 is 0 Å². The molecule has 1 spiro atoms. The highest BCUT2D eigenvalue weighted by molar-refractivity contribution is 5.16. The lowest BCUT2D eigenvalue weighted by atomic mass is 9.79. The molecular weight excluding hydrogens is 325 g/mol. The van der Waals surface area contributed by atoms with Crippen molar-refractivity contribution in [3.05, 3.63) is 65.2 Å². The molecule has 26 heavy (non-hydrogen) atoms. The topological polar surface area (TPSA) is 19.4 Å². The van der Waals surface area contributed by atoms with Crippen LogP contribution in [0.5, 0.6) is 0 Å². The van der Waals surface area contributed by atoms with Gasteiger partial charge in [-0.2, -0.15) is 0 Å². The first kappa shape index (κ1) is 17.6. The van der Waals surface area contributed by atoms with Crippen LogP contribution in [0.4, 0.5) is 4.39 Å². The van der Waals surface area contributed by atoms with Crippen LogP contribution in [0.2, 0.25) is 0 Å². The van der Waals surface area contributed by atoms with Gasteiger partial charge in [-0.15, -0.1) is 0 Å². The van der Waals surface area contributed by atoms with Crippen LogP contribution >= 0.6 is 0 Å². The van der Waals surface area contributed by atoms with Crippen LogP contribution in [0.15, 0.2) is 42.5 Å². The van der Waals surface area contributed by atoms with Gasteiger partial charge in [-0.05, 0) is 74.5 Å². The number of piperidine rings is 1. The van der Waals surface area contributed by atoms with Gasteiger partial charge in [0.15, 0.2) is 0 Å². The van der Waals surface area contributed by atoms with Crippen LogP contribution < -0.4 is 0 Å². The van der Waals surface area contributed by atoms with E-state index in [-0.39, 0.29) is 5.82 Å². The van der Waals surface area contributed by atoms with Crippen molar-refractivity contribution in [3.63, 3.8) is 0 Å². The molecule has 3 heterocycles. The Morgan fingerprint density at radius 2 is 1.73 bits per heavy atom. The lowest BCUT2D eigenvalue weighted by Gasteiger charge is -2.40. The lowest BCUT2D eigenvalue weighted by Crippen LogP contribution is -2.44. The molecule has 2 saturated heterocycles. The Bertz CT molecular complexity index is 745. The summed E-state index contributed by atoms with van der Waals surface area (Å²) in [6.07, 6.45) is 3.86. The second-order valence-corrected chi connectivity index (χ2v) is 8.17. The first-order valence-corrected chi connectivity index (χ1v) is 9.72. The molecule has 2 aliphatic rings. The molecule has 1 aromatic heterocycles. The van der Waals surface area contributed by atoms with Gasteiger partial charge in [0.1, 0.15) is 5.82 Å². The molecule has 2 aliphatic heterocycles. The zero-order valence-corrected chi connectivity index (χ0v) is 15.6. The van der Waals surface area contributed by atoms with Crippen molar-refractivity contribution in [3.8, 4) is 0 Å². The summed E-state index contributed by atoms with van der Waals surface area (Å²) in [5.41, 5.74) is 3.91. The van der Waals surface area contributed by atoms with Gasteiger partial charge in [0.25, 0.3) is 0 Å². The Kier molecular flexibility index (Phi) is 5.05. The van der Waals surface area contributed by atoms with E-state index in [1.54, 1.807) is 12.1 Å². The van der Waals surface area contributed by atoms with Crippen molar-refractivity contribution >= 4 is 0 Å². The van der Waals surface area contributed by atoms with E-state index < -0.39 is 0 Å². The highest BCUT2D eigenvalue weighted by Crippen LogP contribution is 2.39. The standard InChI is InChI=1S/C22H28FN3/c1-18-4-2-5-21(24-18)15-26-13-11-22(17-26)10-3-12-25(16-22)14-19-6-8-20(23)9-7-19/h2,4-9H,3,10-17H2,1H3/t22-/m0/s1. The number of hydrogen-bond donors (Lipinski definition) is 0. The van der Waals surface area contributed by atoms with Gasteiger partial charge in [-0.25, -0.2) is 4.39 Å². The summed E-state index contributed by atoms with van der Waals surface area (Å²) < 4.78 is 13.1. The molecule has 2 fully saturated rings. The van der Waals surface area contributed by atoms with Gasteiger partial charge in [0.2, 0.25) is 0 Å². The third-order valence-electron chi connectivity index (χ3n) is 5.91. The molecule has 0 amide bonds. The van der Waals surface area contributed by atoms with Crippen LogP contribution in [0.1, 0.15) is 36.2 Å². The van der Waals surface area contributed by atoms with E-state index in [4.69, 9.17) is 0 Å². The van der Waals surface area contributed by atoms with Crippen LogP contribution in [0, 0.1) is 18.2 Å². The van der Waals surface area contributed by atoms with Crippen molar-refractivity contribution in [1.82, 2.24) is 14.8 Å². The van der Waals surface area contributed by atoms with Crippen molar-refractivity contribution in [2.45, 2.75) is 39.3 Å². The Labute approximate surface area is 155 Å². The molecule has 0 unspecified atom stereocenters. The zero-order chi connectivity index (χ0) is 18.0. The van der Waals surface area contributed by atoms with Crippen LogP contribution in [0.25, 0.3) is 0 Å². The first-order chi connectivity index (χ1) is 12.6. The maximum Gasteiger partial charge on any atom is 0.123 e. The monoisotopic (exact) mass is 353 g/mol. The fourth-order valence-corrected chi connectivity index (χ4v) is 4.71. The number of halogens is 1. The molecule has 138 valence electrons. The van der Waals surface area contributed by atoms with E-state index in [1.807, 2.05) is 12.1 Å². The average molecular weight is 353 g/mol. The Morgan fingerprint density at radius 1 is 0.962 bits per heavy atom. The number of pyridine rings is 1. The van der Waals surface area contributed by atoms with Crippen LogP contribution in [0.3, 0.4) is 0 Å². The average Bonchev–Trinajstić information content (AvgIpc) is 2.99. The summed E-state index contributed by atoms with van der Waals surface area (Å²) in [5.74, 6) is -0.153. The molecule has 0 aliphatic carbocycles. The number of aryl methyl sites for hydroxylation is 1. The number of rotatable bonds is 4. The minimum absolute atomic E-state index is 0.153. The molecule has 1 aromatic carbocycles. The number of benzene rings is 1. The predicted molar refractivity (Wildman–Crippen MR) is 102 cm³/mol. The SMILES string of the molecule is Cc1cccc(CN2CC[C@]3(CCCN(Cc4ccc(F)cc4)C3)C2)n1. The Hall–Kier alpha value is -1.78. The van der Waals surface area contributed by atoms with Crippen molar-refractivity contribution < 1.29 is 4.39 Å². The van der Waals surface area contributed by atoms with E-state index in [0.29, 0.717) is 5.41 Å². The summed E-state index contributed by atoms with van der Waals surface area (Å²) >= 11 is 0. The maximum absolute atomic E-state index is 13.1. The van der Waals surface area contributed by atoms with E-state index in [9.17, 15) is 4.39 Å². The number of nitrogens with zero attached hydrogens (tertiary/aromatic N) is 3. The van der Waals surface area contributed by atoms with Gasteiger partial charge in [-0.1, -0.05) is 18.2 Å². The second-order valence-electron chi connectivity index (χ2n) is 8.17. The fraction of sp³-hybridized carbons (Fsp3) is 0.500. The highest BCUT2D eigenvalue weighted by Gasteiger charge is 2.41. The molecule has 4 rings (SSSR count).